The molecule has 0 aliphatic rings. The number of anilines is 1. The van der Waals surface area contributed by atoms with Gasteiger partial charge < -0.3 is 14.8 Å². The zero-order chi connectivity index (χ0) is 18.2. The fourth-order valence-electron chi connectivity index (χ4n) is 1.90. The van der Waals surface area contributed by atoms with Crippen molar-refractivity contribution < 1.29 is 19.1 Å². The van der Waals surface area contributed by atoms with E-state index in [-0.39, 0.29) is 0 Å². The van der Waals surface area contributed by atoms with Crippen LogP contribution in [0.4, 0.5) is 5.69 Å². The Kier molecular flexibility index (Phi) is 6.54. The van der Waals surface area contributed by atoms with E-state index >= 15 is 0 Å². The van der Waals surface area contributed by atoms with E-state index in [9.17, 15) is 9.59 Å². The molecule has 25 heavy (non-hydrogen) atoms. The minimum atomic E-state index is -0.861. The molecule has 0 unspecified atom stereocenters. The van der Waals surface area contributed by atoms with E-state index in [4.69, 9.17) is 14.7 Å². The molecule has 128 valence electrons. The number of ether oxygens (including phenoxy) is 2. The first kappa shape index (κ1) is 18.5. The average Bonchev–Trinajstić information content (AvgIpc) is 2.62. The number of hydrogen-bond acceptors (Lipinski definition) is 5. The molecule has 0 saturated heterocycles. The quantitative estimate of drug-likeness (QED) is 0.748. The normalized spacial score (nSPS) is 11.1. The van der Waals surface area contributed by atoms with Gasteiger partial charge in [0.2, 0.25) is 0 Å². The Balaban J connectivity index is 1.83. The average molecular weight is 403 g/mol. The van der Waals surface area contributed by atoms with Crippen LogP contribution in [-0.2, 0) is 14.3 Å². The van der Waals surface area contributed by atoms with Gasteiger partial charge in [0, 0.05) is 4.47 Å². The number of nitrogens with zero attached hydrogens (tertiary/aromatic N) is 1. The summed E-state index contributed by atoms with van der Waals surface area (Å²) in [6, 6.07) is 15.5. The van der Waals surface area contributed by atoms with Crippen LogP contribution in [0.25, 0.3) is 0 Å². The number of benzene rings is 2. The second-order valence-corrected chi connectivity index (χ2v) is 5.94. The number of esters is 1. The van der Waals surface area contributed by atoms with E-state index in [0.29, 0.717) is 17.0 Å². The fraction of sp³-hybridized carbons (Fsp3) is 0.167. The van der Waals surface area contributed by atoms with Crippen molar-refractivity contribution in [2.75, 3.05) is 11.9 Å². The lowest BCUT2D eigenvalue weighted by Crippen LogP contribution is -2.29. The Morgan fingerprint density at radius 1 is 1.20 bits per heavy atom. The summed E-state index contributed by atoms with van der Waals surface area (Å²) >= 11 is 3.31. The molecule has 7 heteroatoms. The lowest BCUT2D eigenvalue weighted by Gasteiger charge is -2.14. The summed E-state index contributed by atoms with van der Waals surface area (Å²) in [5.74, 6) is -0.682. The highest BCUT2D eigenvalue weighted by Gasteiger charge is 2.18. The van der Waals surface area contributed by atoms with Crippen molar-refractivity contribution in [3.63, 3.8) is 0 Å². The second kappa shape index (κ2) is 8.85. The summed E-state index contributed by atoms with van der Waals surface area (Å²) in [5, 5.41) is 11.5. The smallest absolute Gasteiger partial charge is 0.347 e. The Morgan fingerprint density at radius 2 is 1.88 bits per heavy atom. The molecule has 0 aliphatic carbocycles. The van der Waals surface area contributed by atoms with Crippen molar-refractivity contribution in [3.8, 4) is 11.8 Å². The summed E-state index contributed by atoms with van der Waals surface area (Å²) in [5.41, 5.74) is 0.694. The summed E-state index contributed by atoms with van der Waals surface area (Å²) in [6.07, 6.45) is -0.861. The highest BCUT2D eigenvalue weighted by Crippen LogP contribution is 2.17. The van der Waals surface area contributed by atoms with Crippen molar-refractivity contribution >= 4 is 33.5 Å². The monoisotopic (exact) mass is 402 g/mol. The second-order valence-electron chi connectivity index (χ2n) is 5.03. The molecule has 0 heterocycles. The van der Waals surface area contributed by atoms with Gasteiger partial charge in [0.1, 0.15) is 11.8 Å². The van der Waals surface area contributed by atoms with Crippen LogP contribution in [0.2, 0.25) is 0 Å². The topological polar surface area (TPSA) is 88.4 Å². The molecule has 1 N–H and O–H groups in total. The molecule has 0 bridgehead atoms. The van der Waals surface area contributed by atoms with Crippen molar-refractivity contribution in [2.45, 2.75) is 13.0 Å². The van der Waals surface area contributed by atoms with Crippen LogP contribution < -0.4 is 10.1 Å². The Hall–Kier alpha value is -2.85. The molecule has 0 fully saturated rings. The highest BCUT2D eigenvalue weighted by atomic mass is 79.9. The third kappa shape index (κ3) is 5.62. The first-order valence-electron chi connectivity index (χ1n) is 7.37. The maximum atomic E-state index is 11.9. The number of hydrogen-bond donors (Lipinski definition) is 1. The number of carbonyl (C=O) groups is 2. The minimum Gasteiger partial charge on any atom is -0.479 e. The van der Waals surface area contributed by atoms with Gasteiger partial charge in [0.15, 0.2) is 12.7 Å². The van der Waals surface area contributed by atoms with Gasteiger partial charge in [-0.3, -0.25) is 4.79 Å². The number of carbonyl (C=O) groups excluding carboxylic acids is 2. The molecule has 0 radical (unpaired) electrons. The zero-order valence-electron chi connectivity index (χ0n) is 13.4. The van der Waals surface area contributed by atoms with Crippen LogP contribution >= 0.6 is 15.9 Å². The van der Waals surface area contributed by atoms with Gasteiger partial charge in [-0.25, -0.2) is 4.79 Å². The molecular formula is C18H15BrN2O4. The molecule has 2 aromatic rings. The Bertz CT molecular complexity index is 799. The molecule has 0 saturated carbocycles. The van der Waals surface area contributed by atoms with E-state index in [1.54, 1.807) is 48.5 Å². The predicted molar refractivity (Wildman–Crippen MR) is 95.0 cm³/mol. The van der Waals surface area contributed by atoms with Gasteiger partial charge in [-0.05, 0) is 43.3 Å². The summed E-state index contributed by atoms with van der Waals surface area (Å²) in [6.45, 7) is 1.07. The van der Waals surface area contributed by atoms with Gasteiger partial charge in [-0.2, -0.15) is 5.26 Å². The van der Waals surface area contributed by atoms with Crippen LogP contribution in [0.1, 0.15) is 12.5 Å². The molecular weight excluding hydrogens is 388 g/mol. The molecule has 1 amide bonds. The molecule has 6 nitrogen and oxygen atoms in total. The van der Waals surface area contributed by atoms with Gasteiger partial charge in [0.25, 0.3) is 5.91 Å². The van der Waals surface area contributed by atoms with E-state index in [1.165, 1.54) is 6.92 Å². The lowest BCUT2D eigenvalue weighted by atomic mass is 10.2. The van der Waals surface area contributed by atoms with Crippen LogP contribution in [-0.4, -0.2) is 24.6 Å². The van der Waals surface area contributed by atoms with Crippen molar-refractivity contribution in [1.82, 2.24) is 0 Å². The number of amides is 1. The third-order valence-electron chi connectivity index (χ3n) is 3.13. The van der Waals surface area contributed by atoms with Crippen LogP contribution in [0, 0.1) is 11.3 Å². The SMILES string of the molecule is C[C@@H](Oc1ccc(Br)cc1)C(=O)OCC(=O)Nc1ccccc1C#N. The van der Waals surface area contributed by atoms with Crippen LogP contribution in [0.3, 0.4) is 0 Å². The highest BCUT2D eigenvalue weighted by molar-refractivity contribution is 9.10. The maximum absolute atomic E-state index is 11.9. The van der Waals surface area contributed by atoms with E-state index in [0.717, 1.165) is 4.47 Å². The lowest BCUT2D eigenvalue weighted by molar-refractivity contribution is -0.153. The number of para-hydroxylation sites is 1. The van der Waals surface area contributed by atoms with Crippen molar-refractivity contribution in [2.24, 2.45) is 0 Å². The number of halogens is 1. The molecule has 0 spiro atoms. The zero-order valence-corrected chi connectivity index (χ0v) is 14.9. The first-order valence-corrected chi connectivity index (χ1v) is 8.16. The largest absolute Gasteiger partial charge is 0.479 e. The number of nitrogens with one attached hydrogen (secondary N) is 1. The fourth-order valence-corrected chi connectivity index (χ4v) is 2.16. The number of nitriles is 1. The molecule has 0 aliphatic heterocycles. The summed E-state index contributed by atoms with van der Waals surface area (Å²) < 4.78 is 11.3. The minimum absolute atomic E-state index is 0.328. The van der Waals surface area contributed by atoms with Gasteiger partial charge >= 0.3 is 5.97 Å². The summed E-state index contributed by atoms with van der Waals surface area (Å²) in [4.78, 5) is 23.8. The van der Waals surface area contributed by atoms with Gasteiger partial charge in [-0.15, -0.1) is 0 Å². The maximum Gasteiger partial charge on any atom is 0.347 e. The van der Waals surface area contributed by atoms with E-state index in [2.05, 4.69) is 21.2 Å². The first-order chi connectivity index (χ1) is 12.0. The molecule has 2 aromatic carbocycles. The van der Waals surface area contributed by atoms with Crippen LogP contribution in [0.15, 0.2) is 53.0 Å². The Morgan fingerprint density at radius 3 is 2.56 bits per heavy atom. The van der Waals surface area contributed by atoms with Gasteiger partial charge in [0.05, 0.1) is 11.3 Å². The Labute approximate surface area is 153 Å². The van der Waals surface area contributed by atoms with E-state index in [1.807, 2.05) is 6.07 Å². The van der Waals surface area contributed by atoms with Crippen LogP contribution in [0.5, 0.6) is 5.75 Å². The van der Waals surface area contributed by atoms with Crippen molar-refractivity contribution in [3.05, 3.63) is 58.6 Å². The molecule has 1 atom stereocenters. The standard InChI is InChI=1S/C18H15BrN2O4/c1-12(25-15-8-6-14(19)7-9-15)18(23)24-11-17(22)21-16-5-3-2-4-13(16)10-20/h2-9,12H,11H2,1H3,(H,21,22)/t12-/m1/s1. The van der Waals surface area contributed by atoms with Crippen molar-refractivity contribution in [1.29, 1.82) is 5.26 Å². The molecule has 0 aromatic heterocycles. The summed E-state index contributed by atoms with van der Waals surface area (Å²) in [7, 11) is 0. The number of rotatable bonds is 6. The van der Waals surface area contributed by atoms with E-state index < -0.39 is 24.6 Å². The van der Waals surface area contributed by atoms with Gasteiger partial charge in [-0.1, -0.05) is 28.1 Å². The molecule has 2 rings (SSSR count). The predicted octanol–water partition coefficient (Wildman–Crippen LogP) is 3.27. The third-order valence-corrected chi connectivity index (χ3v) is 3.65.